The van der Waals surface area contributed by atoms with Gasteiger partial charge >= 0.3 is 5.97 Å². The molecule has 1 aromatic heterocycles. The molecule has 1 atom stereocenters. The number of nitrogens with one attached hydrogen (secondary N) is 1. The van der Waals surface area contributed by atoms with Gasteiger partial charge in [0.25, 0.3) is 5.91 Å². The lowest BCUT2D eigenvalue weighted by atomic mass is 9.88. The van der Waals surface area contributed by atoms with Gasteiger partial charge in [0, 0.05) is 4.88 Å². The third-order valence-corrected chi connectivity index (χ3v) is 5.02. The molecule has 0 aliphatic heterocycles. The minimum Gasteiger partial charge on any atom is -0.451 e. The average molecular weight is 344 g/mol. The fraction of sp³-hybridized carbons (Fsp3) is 0.389. The molecule has 1 aliphatic carbocycles. The number of esters is 1. The number of amides is 1. The van der Waals surface area contributed by atoms with Gasteiger partial charge in [-0.2, -0.15) is 0 Å². The van der Waals surface area contributed by atoms with Crippen LogP contribution < -0.4 is 5.32 Å². The smallest absolute Gasteiger partial charge is 0.358 e. The minimum absolute atomic E-state index is 0.00981. The van der Waals surface area contributed by atoms with E-state index in [1.54, 1.807) is 0 Å². The van der Waals surface area contributed by atoms with Crippen molar-refractivity contribution in [3.8, 4) is 0 Å². The molecule has 126 valence electrons. The second kappa shape index (κ2) is 7.13. The van der Waals surface area contributed by atoms with Crippen LogP contribution in [-0.2, 0) is 16.0 Å². The van der Waals surface area contributed by atoms with Gasteiger partial charge in [-0.25, -0.2) is 9.78 Å². The predicted octanol–water partition coefficient (Wildman–Crippen LogP) is 3.11. The number of hydrogen-bond acceptors (Lipinski definition) is 5. The summed E-state index contributed by atoms with van der Waals surface area (Å²) in [5.74, 6) is -0.828. The van der Waals surface area contributed by atoms with E-state index < -0.39 is 5.97 Å². The highest BCUT2D eigenvalue weighted by Gasteiger charge is 2.22. The Balaban J connectivity index is 1.57. The monoisotopic (exact) mass is 344 g/mol. The summed E-state index contributed by atoms with van der Waals surface area (Å²) >= 11 is 1.44. The average Bonchev–Trinajstić information content (AvgIpc) is 2.91. The van der Waals surface area contributed by atoms with Crippen LogP contribution in [0.4, 0.5) is 0 Å². The molecular weight excluding hydrogens is 324 g/mol. The van der Waals surface area contributed by atoms with Crippen LogP contribution >= 0.6 is 11.3 Å². The maximum Gasteiger partial charge on any atom is 0.358 e. The molecule has 0 radical (unpaired) electrons. The first kappa shape index (κ1) is 16.6. The first-order chi connectivity index (χ1) is 11.5. The summed E-state index contributed by atoms with van der Waals surface area (Å²) in [5, 5.41) is 3.78. The molecule has 1 amide bonds. The Morgan fingerprint density at radius 3 is 2.88 bits per heavy atom. The minimum atomic E-state index is -0.545. The molecule has 6 heteroatoms. The largest absolute Gasteiger partial charge is 0.451 e. The van der Waals surface area contributed by atoms with Gasteiger partial charge in [0.05, 0.1) is 11.0 Å². The van der Waals surface area contributed by atoms with Crippen LogP contribution in [0.2, 0.25) is 0 Å². The van der Waals surface area contributed by atoms with Gasteiger partial charge in [0.15, 0.2) is 12.3 Å². The SMILES string of the molecule is Cc1nc(C(=O)OCC(=O)N[C@@H]2CCCc3ccccc32)c(C)s1. The zero-order chi connectivity index (χ0) is 17.1. The van der Waals surface area contributed by atoms with Crippen molar-refractivity contribution in [2.75, 3.05) is 6.61 Å². The van der Waals surface area contributed by atoms with Crippen molar-refractivity contribution in [2.24, 2.45) is 0 Å². The predicted molar refractivity (Wildman–Crippen MR) is 92.1 cm³/mol. The Hall–Kier alpha value is -2.21. The topological polar surface area (TPSA) is 68.3 Å². The van der Waals surface area contributed by atoms with Gasteiger partial charge < -0.3 is 10.1 Å². The summed E-state index contributed by atoms with van der Waals surface area (Å²) in [7, 11) is 0. The third-order valence-electron chi connectivity index (χ3n) is 4.14. The van der Waals surface area contributed by atoms with E-state index in [0.717, 1.165) is 34.7 Å². The number of ether oxygens (including phenoxy) is 1. The van der Waals surface area contributed by atoms with Gasteiger partial charge in [0.1, 0.15) is 0 Å². The van der Waals surface area contributed by atoms with E-state index in [4.69, 9.17) is 4.74 Å². The molecule has 0 spiro atoms. The van der Waals surface area contributed by atoms with Crippen LogP contribution in [0.25, 0.3) is 0 Å². The molecule has 5 nitrogen and oxygen atoms in total. The summed E-state index contributed by atoms with van der Waals surface area (Å²) in [6.45, 7) is 3.37. The molecule has 1 N–H and O–H groups in total. The van der Waals surface area contributed by atoms with Gasteiger partial charge in [-0.3, -0.25) is 4.79 Å². The molecular formula is C18H20N2O3S. The molecule has 1 heterocycles. The number of hydrogen-bond donors (Lipinski definition) is 1. The molecule has 0 unspecified atom stereocenters. The Bertz CT molecular complexity index is 769. The van der Waals surface area contributed by atoms with Gasteiger partial charge in [-0.1, -0.05) is 24.3 Å². The lowest BCUT2D eigenvalue weighted by molar-refractivity contribution is -0.125. The number of carbonyl (C=O) groups excluding carboxylic acids is 2. The van der Waals surface area contributed by atoms with Crippen molar-refractivity contribution >= 4 is 23.2 Å². The molecule has 0 saturated carbocycles. The van der Waals surface area contributed by atoms with Crippen LogP contribution in [0, 0.1) is 13.8 Å². The highest BCUT2D eigenvalue weighted by molar-refractivity contribution is 7.11. The summed E-state index contributed by atoms with van der Waals surface area (Å²) in [6, 6.07) is 8.14. The number of thiazole rings is 1. The Morgan fingerprint density at radius 1 is 1.33 bits per heavy atom. The van der Waals surface area contributed by atoms with E-state index in [9.17, 15) is 9.59 Å². The Kier molecular flexibility index (Phi) is 4.94. The van der Waals surface area contributed by atoms with E-state index in [1.807, 2.05) is 32.0 Å². The van der Waals surface area contributed by atoms with Gasteiger partial charge in [0.2, 0.25) is 0 Å². The first-order valence-corrected chi connectivity index (χ1v) is 8.84. The van der Waals surface area contributed by atoms with Crippen LogP contribution in [0.15, 0.2) is 24.3 Å². The van der Waals surface area contributed by atoms with Crippen molar-refractivity contribution in [1.29, 1.82) is 0 Å². The highest BCUT2D eigenvalue weighted by Crippen LogP contribution is 2.29. The second-order valence-electron chi connectivity index (χ2n) is 5.92. The normalized spacial score (nSPS) is 16.3. The van der Waals surface area contributed by atoms with Crippen LogP contribution in [-0.4, -0.2) is 23.5 Å². The lowest BCUT2D eigenvalue weighted by Gasteiger charge is -2.26. The molecule has 1 aliphatic rings. The highest BCUT2D eigenvalue weighted by atomic mass is 32.1. The first-order valence-electron chi connectivity index (χ1n) is 8.03. The van der Waals surface area contributed by atoms with E-state index in [1.165, 1.54) is 16.9 Å². The molecule has 1 aromatic carbocycles. The number of rotatable bonds is 4. The maximum atomic E-state index is 12.1. The summed E-state index contributed by atoms with van der Waals surface area (Å²) in [5.41, 5.74) is 2.74. The van der Waals surface area contributed by atoms with Crippen molar-refractivity contribution < 1.29 is 14.3 Å². The quantitative estimate of drug-likeness (QED) is 0.866. The third kappa shape index (κ3) is 3.64. The number of nitrogens with zero attached hydrogens (tertiary/aromatic N) is 1. The fourth-order valence-electron chi connectivity index (χ4n) is 3.06. The second-order valence-corrected chi connectivity index (χ2v) is 7.33. The number of aryl methyl sites for hydroxylation is 3. The van der Waals surface area contributed by atoms with Crippen molar-refractivity contribution in [3.63, 3.8) is 0 Å². The summed E-state index contributed by atoms with van der Waals surface area (Å²) < 4.78 is 5.11. The van der Waals surface area contributed by atoms with Gasteiger partial charge in [-0.05, 0) is 44.2 Å². The lowest BCUT2D eigenvalue weighted by Crippen LogP contribution is -2.34. The van der Waals surface area contributed by atoms with Crippen molar-refractivity contribution in [3.05, 3.63) is 51.0 Å². The van der Waals surface area contributed by atoms with E-state index in [0.29, 0.717) is 5.69 Å². The Labute approximate surface area is 145 Å². The van der Waals surface area contributed by atoms with E-state index in [-0.39, 0.29) is 18.6 Å². The summed E-state index contributed by atoms with van der Waals surface area (Å²) in [6.07, 6.45) is 2.99. The maximum absolute atomic E-state index is 12.1. The molecule has 0 saturated heterocycles. The van der Waals surface area contributed by atoms with Gasteiger partial charge in [-0.15, -0.1) is 11.3 Å². The Morgan fingerprint density at radius 2 is 2.12 bits per heavy atom. The van der Waals surface area contributed by atoms with Crippen LogP contribution in [0.3, 0.4) is 0 Å². The number of carbonyl (C=O) groups is 2. The molecule has 0 bridgehead atoms. The fourth-order valence-corrected chi connectivity index (χ4v) is 3.86. The van der Waals surface area contributed by atoms with Crippen LogP contribution in [0.5, 0.6) is 0 Å². The zero-order valence-corrected chi connectivity index (χ0v) is 14.6. The van der Waals surface area contributed by atoms with Crippen LogP contribution in [0.1, 0.15) is 50.4 Å². The molecule has 2 aromatic rings. The van der Waals surface area contributed by atoms with E-state index in [2.05, 4.69) is 16.4 Å². The standard InChI is InChI=1S/C18H20N2O3S/c1-11-17(19-12(2)24-11)18(22)23-10-16(21)20-15-9-5-7-13-6-3-4-8-14(13)15/h3-4,6,8,15H,5,7,9-10H2,1-2H3,(H,20,21)/t15-/m1/s1. The molecule has 0 fully saturated rings. The van der Waals surface area contributed by atoms with Crippen molar-refractivity contribution in [1.82, 2.24) is 10.3 Å². The zero-order valence-electron chi connectivity index (χ0n) is 13.8. The van der Waals surface area contributed by atoms with Crippen molar-refractivity contribution in [2.45, 2.75) is 39.2 Å². The van der Waals surface area contributed by atoms with E-state index >= 15 is 0 Å². The molecule has 3 rings (SSSR count). The number of fused-ring (bicyclic) bond motifs is 1. The molecule has 24 heavy (non-hydrogen) atoms. The number of aromatic nitrogens is 1. The number of benzene rings is 1. The summed E-state index contributed by atoms with van der Waals surface area (Å²) in [4.78, 5) is 29.1.